The van der Waals surface area contributed by atoms with E-state index in [1.54, 1.807) is 24.6 Å². The van der Waals surface area contributed by atoms with E-state index in [1.807, 2.05) is 0 Å². The van der Waals surface area contributed by atoms with E-state index in [9.17, 15) is 4.79 Å². The number of hydrogen-bond donors (Lipinski definition) is 1. The quantitative estimate of drug-likeness (QED) is 0.668. The van der Waals surface area contributed by atoms with Crippen LogP contribution in [0, 0.1) is 7.43 Å². The maximum absolute atomic E-state index is 9.71. The Morgan fingerprint density at radius 3 is 2.44 bits per heavy atom. The molecule has 1 radical (unpaired) electrons. The van der Waals surface area contributed by atoms with E-state index in [4.69, 9.17) is 0 Å². The molecular formula is C6H7NOY-2. The Morgan fingerprint density at radius 1 is 1.56 bits per heavy atom. The largest absolute Gasteiger partial charge is 0.417 e. The third-order valence-corrected chi connectivity index (χ3v) is 0.708. The van der Waals surface area contributed by atoms with Crippen molar-refractivity contribution in [2.75, 3.05) is 0 Å². The number of carbonyl (C=O) groups excluding carboxylic acids is 1. The molecule has 0 aliphatic rings. The molecule has 1 heterocycles. The van der Waals surface area contributed by atoms with Crippen molar-refractivity contribution in [1.29, 1.82) is 0 Å². The standard InChI is InChI=1S/C5H4NO.CH3.Y/c7-4-5-2-1-3-6-5;;/h1-3,6H;1H3;/q2*-1;. The third-order valence-electron chi connectivity index (χ3n) is 0.708. The fourth-order valence-electron chi connectivity index (χ4n) is 0.394. The first kappa shape index (κ1) is 11.8. The van der Waals surface area contributed by atoms with E-state index < -0.39 is 0 Å². The van der Waals surface area contributed by atoms with E-state index in [-0.39, 0.29) is 40.1 Å². The van der Waals surface area contributed by atoms with Crippen molar-refractivity contribution < 1.29 is 37.5 Å². The predicted octanol–water partition coefficient (Wildman–Crippen LogP) is 0.920. The topological polar surface area (TPSA) is 32.9 Å². The van der Waals surface area contributed by atoms with Gasteiger partial charge in [-0.3, -0.25) is 0 Å². The molecule has 0 aliphatic heterocycles. The first-order valence-corrected chi connectivity index (χ1v) is 1.95. The molecule has 3 heteroatoms. The predicted molar refractivity (Wildman–Crippen MR) is 32.0 cm³/mol. The number of hydrogen-bond acceptors (Lipinski definition) is 1. The second kappa shape index (κ2) is 6.18. The Morgan fingerprint density at radius 2 is 2.22 bits per heavy atom. The van der Waals surface area contributed by atoms with Crippen LogP contribution in [0.3, 0.4) is 0 Å². The molecule has 0 unspecified atom stereocenters. The van der Waals surface area contributed by atoms with Crippen LogP contribution in [0.5, 0.6) is 0 Å². The second-order valence-electron chi connectivity index (χ2n) is 1.19. The molecule has 0 aromatic carbocycles. The zero-order valence-corrected chi connectivity index (χ0v) is 8.06. The summed E-state index contributed by atoms with van der Waals surface area (Å²) in [5.74, 6) is 0. The Labute approximate surface area is 79.9 Å². The molecule has 0 fully saturated rings. The first-order valence-electron chi connectivity index (χ1n) is 1.95. The van der Waals surface area contributed by atoms with Crippen LogP contribution in [-0.4, -0.2) is 11.3 Å². The summed E-state index contributed by atoms with van der Waals surface area (Å²) in [4.78, 5) is 12.4. The zero-order valence-electron chi connectivity index (χ0n) is 5.22. The van der Waals surface area contributed by atoms with Gasteiger partial charge in [0.05, 0.1) is 0 Å². The fourth-order valence-corrected chi connectivity index (χ4v) is 0.394. The van der Waals surface area contributed by atoms with Crippen molar-refractivity contribution in [3.05, 3.63) is 31.5 Å². The summed E-state index contributed by atoms with van der Waals surface area (Å²) in [5, 5.41) is 0. The van der Waals surface area contributed by atoms with E-state index in [0.717, 1.165) is 0 Å². The fraction of sp³-hybridized carbons (Fsp3) is 0. The Hall–Kier alpha value is 0.0539. The molecule has 0 saturated carbocycles. The molecule has 9 heavy (non-hydrogen) atoms. The summed E-state index contributed by atoms with van der Waals surface area (Å²) >= 11 is 0. The van der Waals surface area contributed by atoms with Crippen LogP contribution in [0.1, 0.15) is 5.69 Å². The van der Waals surface area contributed by atoms with Gasteiger partial charge in [-0.05, 0) is 6.20 Å². The van der Waals surface area contributed by atoms with E-state index in [0.29, 0.717) is 5.69 Å². The molecular weight excluding hydrogens is 191 g/mol. The van der Waals surface area contributed by atoms with Crippen molar-refractivity contribution >= 4 is 6.29 Å². The minimum absolute atomic E-state index is 0. The van der Waals surface area contributed by atoms with Gasteiger partial charge in [0, 0.05) is 39.0 Å². The number of aromatic nitrogens is 1. The summed E-state index contributed by atoms with van der Waals surface area (Å²) < 4.78 is 0. The van der Waals surface area contributed by atoms with E-state index in [1.165, 1.54) is 0 Å². The Balaban J connectivity index is 0. The van der Waals surface area contributed by atoms with Gasteiger partial charge in [0.15, 0.2) is 0 Å². The van der Waals surface area contributed by atoms with E-state index >= 15 is 0 Å². The molecule has 1 aromatic rings. The number of H-pyrrole nitrogens is 1. The molecule has 47 valence electrons. The summed E-state index contributed by atoms with van der Waals surface area (Å²) in [7, 11) is 0. The van der Waals surface area contributed by atoms with Crippen molar-refractivity contribution in [1.82, 2.24) is 4.98 Å². The molecule has 0 saturated heterocycles. The van der Waals surface area contributed by atoms with Gasteiger partial charge in [-0.25, -0.2) is 0 Å². The molecule has 2 nitrogen and oxygen atoms in total. The molecule has 0 atom stereocenters. The van der Waals surface area contributed by atoms with E-state index in [2.05, 4.69) is 4.98 Å². The normalized spacial score (nSPS) is 6.67. The average Bonchev–Trinajstić information content (AvgIpc) is 2.14. The monoisotopic (exact) mass is 198 g/mol. The SMILES string of the molecule is O=[C-]c1ccc[nH]1.[CH3-].[Y]. The van der Waals surface area contributed by atoms with Gasteiger partial charge in [-0.2, -0.15) is 6.07 Å². The van der Waals surface area contributed by atoms with Crippen molar-refractivity contribution in [3.8, 4) is 0 Å². The van der Waals surface area contributed by atoms with Crippen LogP contribution in [0.25, 0.3) is 0 Å². The average molecular weight is 198 g/mol. The van der Waals surface area contributed by atoms with Gasteiger partial charge >= 0.3 is 0 Å². The van der Waals surface area contributed by atoms with Crippen LogP contribution in [-0.2, 0) is 37.5 Å². The molecule has 0 bridgehead atoms. The number of nitrogens with one attached hydrogen (secondary N) is 1. The number of rotatable bonds is 1. The van der Waals surface area contributed by atoms with Gasteiger partial charge in [-0.15, -0.1) is 6.07 Å². The second-order valence-corrected chi connectivity index (χ2v) is 1.19. The summed E-state index contributed by atoms with van der Waals surface area (Å²) in [5.41, 5.74) is 0.500. The molecule has 0 aliphatic carbocycles. The van der Waals surface area contributed by atoms with Gasteiger partial charge in [0.2, 0.25) is 0 Å². The van der Waals surface area contributed by atoms with Gasteiger partial charge in [0.25, 0.3) is 0 Å². The molecule has 1 aromatic heterocycles. The van der Waals surface area contributed by atoms with Crippen LogP contribution < -0.4 is 0 Å². The number of aromatic amines is 1. The van der Waals surface area contributed by atoms with Gasteiger partial charge < -0.3 is 17.2 Å². The summed E-state index contributed by atoms with van der Waals surface area (Å²) in [6.45, 7) is 0. The minimum atomic E-state index is 0. The van der Waals surface area contributed by atoms with Gasteiger partial charge in [-0.1, -0.05) is 5.69 Å². The molecule has 0 spiro atoms. The molecule has 1 rings (SSSR count). The minimum Gasteiger partial charge on any atom is -0.417 e. The molecule has 0 amide bonds. The smallest absolute Gasteiger partial charge is 0.0101 e. The summed E-state index contributed by atoms with van der Waals surface area (Å²) in [6, 6.07) is 3.41. The maximum Gasteiger partial charge on any atom is 0.0101 e. The third kappa shape index (κ3) is 3.60. The van der Waals surface area contributed by atoms with Crippen LogP contribution in [0.4, 0.5) is 0 Å². The van der Waals surface area contributed by atoms with Crippen molar-refractivity contribution in [2.45, 2.75) is 0 Å². The Bertz CT molecular complexity index is 148. The maximum atomic E-state index is 9.71. The van der Waals surface area contributed by atoms with Crippen LogP contribution >= 0.6 is 0 Å². The molecule has 1 N–H and O–H groups in total. The summed E-state index contributed by atoms with van der Waals surface area (Å²) in [6.07, 6.45) is 3.38. The van der Waals surface area contributed by atoms with Crippen molar-refractivity contribution in [3.63, 3.8) is 0 Å². The Kier molecular flexibility index (Phi) is 8.10. The first-order chi connectivity index (χ1) is 3.43. The van der Waals surface area contributed by atoms with Crippen molar-refractivity contribution in [2.24, 2.45) is 0 Å². The zero-order chi connectivity index (χ0) is 5.11. The van der Waals surface area contributed by atoms with Gasteiger partial charge in [0.1, 0.15) is 0 Å². The van der Waals surface area contributed by atoms with Crippen LogP contribution in [0.15, 0.2) is 18.3 Å². The van der Waals surface area contributed by atoms with Crippen LogP contribution in [0.2, 0.25) is 0 Å².